The predicted molar refractivity (Wildman–Crippen MR) is 79.8 cm³/mol. The first kappa shape index (κ1) is 17.9. The number of nitrogens with two attached hydrogens (primary N) is 1. The molecular weight excluding hydrogens is 322 g/mol. The van der Waals surface area contributed by atoms with Crippen molar-refractivity contribution >= 4 is 27.2 Å². The van der Waals surface area contributed by atoms with Crippen LogP contribution in [-0.2, 0) is 20.5 Å². The number of alkyl halides is 2. The maximum atomic E-state index is 11.8. The Balaban J connectivity index is 2.43. The third-order valence-corrected chi connectivity index (χ3v) is 4.00. The molecule has 9 heteroatoms. The molecular formula is C12H16F2N2O3S2. The van der Waals surface area contributed by atoms with Gasteiger partial charge in [0.2, 0.25) is 10.0 Å². The highest BCUT2D eigenvalue weighted by molar-refractivity contribution is 7.88. The molecule has 21 heavy (non-hydrogen) atoms. The zero-order chi connectivity index (χ0) is 15.9. The summed E-state index contributed by atoms with van der Waals surface area (Å²) in [6.45, 7) is -0.869. The van der Waals surface area contributed by atoms with Gasteiger partial charge >= 0.3 is 0 Å². The van der Waals surface area contributed by atoms with Crippen molar-refractivity contribution in [2.45, 2.75) is 12.2 Å². The average molecular weight is 338 g/mol. The second kappa shape index (κ2) is 8.32. The van der Waals surface area contributed by atoms with E-state index in [2.05, 4.69) is 9.46 Å². The van der Waals surface area contributed by atoms with E-state index < -0.39 is 23.1 Å². The smallest absolute Gasteiger partial charge is 0.261 e. The Labute approximate surface area is 127 Å². The molecule has 0 atom stereocenters. The van der Waals surface area contributed by atoms with Crippen LogP contribution in [0.25, 0.3) is 0 Å². The normalized spacial score (nSPS) is 11.8. The Morgan fingerprint density at radius 1 is 1.33 bits per heavy atom. The topological polar surface area (TPSA) is 81.4 Å². The highest BCUT2D eigenvalue weighted by atomic mass is 32.2. The van der Waals surface area contributed by atoms with Crippen LogP contribution in [0.4, 0.5) is 8.78 Å². The lowest BCUT2D eigenvalue weighted by Gasteiger charge is -2.08. The summed E-state index contributed by atoms with van der Waals surface area (Å²) in [6.07, 6.45) is -2.56. The fourth-order valence-corrected chi connectivity index (χ4v) is 2.74. The van der Waals surface area contributed by atoms with Gasteiger partial charge in [-0.05, 0) is 5.56 Å². The minimum Gasteiger partial charge on any atom is -0.389 e. The summed E-state index contributed by atoms with van der Waals surface area (Å²) in [6, 6.07) is 6.50. The summed E-state index contributed by atoms with van der Waals surface area (Å²) in [5.41, 5.74) is 6.66. The number of hydrogen-bond acceptors (Lipinski definition) is 4. The first-order valence-corrected chi connectivity index (χ1v) is 8.08. The minimum absolute atomic E-state index is 0.0555. The molecule has 0 aliphatic heterocycles. The van der Waals surface area contributed by atoms with E-state index in [0.717, 1.165) is 0 Å². The van der Waals surface area contributed by atoms with Gasteiger partial charge in [0.25, 0.3) is 6.43 Å². The van der Waals surface area contributed by atoms with E-state index in [9.17, 15) is 17.2 Å². The highest BCUT2D eigenvalue weighted by Gasteiger charge is 2.11. The SMILES string of the molecule is NC(=S)c1ccc(CS(=O)(=O)NCCOCC(F)F)cc1. The number of sulfonamides is 1. The predicted octanol–water partition coefficient (Wildman–Crippen LogP) is 1.02. The van der Waals surface area contributed by atoms with Gasteiger partial charge in [-0.25, -0.2) is 21.9 Å². The van der Waals surface area contributed by atoms with Gasteiger partial charge in [-0.2, -0.15) is 0 Å². The van der Waals surface area contributed by atoms with Crippen LogP contribution in [0.15, 0.2) is 24.3 Å². The maximum Gasteiger partial charge on any atom is 0.261 e. The number of thiocarbonyl (C=S) groups is 1. The molecule has 0 aliphatic carbocycles. The molecule has 0 fully saturated rings. The zero-order valence-electron chi connectivity index (χ0n) is 11.1. The Bertz CT molecular complexity index is 562. The molecule has 0 aliphatic rings. The second-order valence-corrected chi connectivity index (χ2v) is 6.43. The first-order valence-electron chi connectivity index (χ1n) is 6.02. The second-order valence-electron chi connectivity index (χ2n) is 4.18. The van der Waals surface area contributed by atoms with Crippen LogP contribution in [-0.4, -0.2) is 39.6 Å². The zero-order valence-corrected chi connectivity index (χ0v) is 12.7. The third kappa shape index (κ3) is 7.42. The van der Waals surface area contributed by atoms with E-state index in [-0.39, 0.29) is 23.9 Å². The molecule has 0 saturated heterocycles. The van der Waals surface area contributed by atoms with Gasteiger partial charge in [0.05, 0.1) is 12.4 Å². The number of nitrogens with one attached hydrogen (secondary N) is 1. The molecule has 0 saturated carbocycles. The average Bonchev–Trinajstić information content (AvgIpc) is 2.38. The molecule has 1 aromatic carbocycles. The van der Waals surface area contributed by atoms with Gasteiger partial charge in [0, 0.05) is 12.1 Å². The van der Waals surface area contributed by atoms with Crippen molar-refractivity contribution in [3.8, 4) is 0 Å². The molecule has 0 amide bonds. The lowest BCUT2D eigenvalue weighted by Crippen LogP contribution is -2.29. The number of ether oxygens (including phenoxy) is 1. The first-order chi connectivity index (χ1) is 9.80. The Hall–Kier alpha value is -1.16. The Morgan fingerprint density at radius 2 is 1.95 bits per heavy atom. The van der Waals surface area contributed by atoms with E-state index in [4.69, 9.17) is 18.0 Å². The molecule has 0 spiro atoms. The molecule has 3 N–H and O–H groups in total. The molecule has 0 radical (unpaired) electrons. The molecule has 0 aromatic heterocycles. The summed E-state index contributed by atoms with van der Waals surface area (Å²) in [5.74, 6) is -0.223. The molecule has 0 bridgehead atoms. The quantitative estimate of drug-likeness (QED) is 0.519. The van der Waals surface area contributed by atoms with Crippen LogP contribution in [0.1, 0.15) is 11.1 Å². The van der Waals surface area contributed by atoms with Crippen molar-refractivity contribution in [2.75, 3.05) is 19.8 Å². The van der Waals surface area contributed by atoms with E-state index in [1.54, 1.807) is 24.3 Å². The van der Waals surface area contributed by atoms with Crippen molar-refractivity contribution in [3.63, 3.8) is 0 Å². The molecule has 0 unspecified atom stereocenters. The van der Waals surface area contributed by atoms with Crippen LogP contribution in [0.5, 0.6) is 0 Å². The minimum atomic E-state index is -3.55. The van der Waals surface area contributed by atoms with Crippen molar-refractivity contribution in [3.05, 3.63) is 35.4 Å². The summed E-state index contributed by atoms with van der Waals surface area (Å²) in [7, 11) is -3.55. The fraction of sp³-hybridized carbons (Fsp3) is 0.417. The lowest BCUT2D eigenvalue weighted by atomic mass is 10.1. The van der Waals surface area contributed by atoms with E-state index >= 15 is 0 Å². The largest absolute Gasteiger partial charge is 0.389 e. The molecule has 118 valence electrons. The van der Waals surface area contributed by atoms with Crippen molar-refractivity contribution < 1.29 is 21.9 Å². The van der Waals surface area contributed by atoms with Gasteiger partial charge in [-0.1, -0.05) is 36.5 Å². The number of halogens is 2. The molecule has 1 rings (SSSR count). The van der Waals surface area contributed by atoms with Gasteiger partial charge in [0.15, 0.2) is 0 Å². The molecule has 1 aromatic rings. The fourth-order valence-electron chi connectivity index (χ4n) is 1.48. The molecule has 0 heterocycles. The van der Waals surface area contributed by atoms with Crippen molar-refractivity contribution in [1.82, 2.24) is 4.72 Å². The Morgan fingerprint density at radius 3 is 2.48 bits per heavy atom. The van der Waals surface area contributed by atoms with Crippen LogP contribution >= 0.6 is 12.2 Å². The van der Waals surface area contributed by atoms with Gasteiger partial charge in [0.1, 0.15) is 11.6 Å². The van der Waals surface area contributed by atoms with E-state index in [1.807, 2.05) is 0 Å². The summed E-state index contributed by atoms with van der Waals surface area (Å²) in [4.78, 5) is 0.235. The monoisotopic (exact) mass is 338 g/mol. The molecule has 5 nitrogen and oxygen atoms in total. The van der Waals surface area contributed by atoms with Crippen molar-refractivity contribution in [1.29, 1.82) is 0 Å². The van der Waals surface area contributed by atoms with Gasteiger partial charge in [-0.15, -0.1) is 0 Å². The third-order valence-electron chi connectivity index (χ3n) is 2.41. The van der Waals surface area contributed by atoms with E-state index in [1.165, 1.54) is 0 Å². The summed E-state index contributed by atoms with van der Waals surface area (Å²) in [5, 5.41) is 0. The summed E-state index contributed by atoms with van der Waals surface area (Å²) < 4.78 is 53.9. The van der Waals surface area contributed by atoms with Crippen LogP contribution in [0, 0.1) is 0 Å². The van der Waals surface area contributed by atoms with Crippen LogP contribution in [0.2, 0.25) is 0 Å². The standard InChI is InChI=1S/C12H16F2N2O3S2/c13-11(14)7-19-6-5-16-21(17,18)8-9-1-3-10(4-2-9)12(15)20/h1-4,11,16H,5-8H2,(H2,15,20). The Kier molecular flexibility index (Phi) is 7.09. The number of benzene rings is 1. The highest BCUT2D eigenvalue weighted by Crippen LogP contribution is 2.07. The maximum absolute atomic E-state index is 11.8. The van der Waals surface area contributed by atoms with Crippen LogP contribution in [0.3, 0.4) is 0 Å². The van der Waals surface area contributed by atoms with Gasteiger partial charge in [-0.3, -0.25) is 0 Å². The number of rotatable bonds is 9. The van der Waals surface area contributed by atoms with Crippen LogP contribution < -0.4 is 10.5 Å². The van der Waals surface area contributed by atoms with Crippen molar-refractivity contribution in [2.24, 2.45) is 5.73 Å². The summed E-state index contributed by atoms with van der Waals surface area (Å²) >= 11 is 4.80. The lowest BCUT2D eigenvalue weighted by molar-refractivity contribution is 0.0199. The van der Waals surface area contributed by atoms with E-state index in [0.29, 0.717) is 11.1 Å². The van der Waals surface area contributed by atoms with Gasteiger partial charge < -0.3 is 10.5 Å². The number of hydrogen-bond donors (Lipinski definition) is 2.